The van der Waals surface area contributed by atoms with Crippen LogP contribution in [0.15, 0.2) is 47.7 Å². The van der Waals surface area contributed by atoms with Crippen molar-refractivity contribution in [2.75, 3.05) is 5.32 Å². The zero-order valence-corrected chi connectivity index (χ0v) is 13.3. The quantitative estimate of drug-likeness (QED) is 0.332. The van der Waals surface area contributed by atoms with Crippen LogP contribution in [0.25, 0.3) is 10.9 Å². The van der Waals surface area contributed by atoms with Crippen LogP contribution in [0.4, 0.5) is 5.69 Å². The Morgan fingerprint density at radius 3 is 3.04 bits per heavy atom. The summed E-state index contributed by atoms with van der Waals surface area (Å²) in [6, 6.07) is 10.4. The number of phenolic OH excluding ortho intramolecular Hbond substituents is 1. The Kier molecular flexibility index (Phi) is 4.40. The summed E-state index contributed by atoms with van der Waals surface area (Å²) in [5, 5.41) is 25.4. The summed E-state index contributed by atoms with van der Waals surface area (Å²) in [5.74, 6) is 0.0866. The number of aromatic nitrogens is 2. The first-order chi connectivity index (χ1) is 11.1. The summed E-state index contributed by atoms with van der Waals surface area (Å²) in [4.78, 5) is 0. The van der Waals surface area contributed by atoms with Gasteiger partial charge in [-0.3, -0.25) is 10.5 Å². The number of benzene rings is 2. The number of nitrogens with zero attached hydrogens (tertiary/aromatic N) is 2. The van der Waals surface area contributed by atoms with Crippen LogP contribution in [0.3, 0.4) is 0 Å². The minimum atomic E-state index is 0.0866. The van der Waals surface area contributed by atoms with Crippen LogP contribution in [0.2, 0.25) is 5.02 Å². The van der Waals surface area contributed by atoms with Crippen molar-refractivity contribution in [2.24, 2.45) is 5.10 Å². The molecule has 0 aliphatic rings. The lowest BCUT2D eigenvalue weighted by Gasteiger charge is -2.07. The van der Waals surface area contributed by atoms with E-state index in [0.717, 1.165) is 16.6 Å². The smallest absolute Gasteiger partial charge is 0.191 e. The Labute approximate surface area is 142 Å². The average Bonchev–Trinajstić information content (AvgIpc) is 2.98. The molecule has 0 spiro atoms. The maximum absolute atomic E-state index is 9.68. The minimum Gasteiger partial charge on any atom is -0.507 e. The summed E-state index contributed by atoms with van der Waals surface area (Å²) in [5.41, 5.74) is 4.88. The molecule has 6 nitrogen and oxygen atoms in total. The molecule has 0 bridgehead atoms. The SMILES string of the molecule is Oc1ccc(Cl)cc1C=NNC(=S)Nc1ccc2cn[nH]c2c1. The first-order valence-electron chi connectivity index (χ1n) is 6.63. The van der Waals surface area contributed by atoms with Crippen molar-refractivity contribution in [3.8, 4) is 5.75 Å². The van der Waals surface area contributed by atoms with Gasteiger partial charge in [0, 0.05) is 21.7 Å². The van der Waals surface area contributed by atoms with Gasteiger partial charge in [0.15, 0.2) is 5.11 Å². The van der Waals surface area contributed by atoms with E-state index in [1.807, 2.05) is 18.2 Å². The molecule has 0 amide bonds. The van der Waals surface area contributed by atoms with Crippen molar-refractivity contribution in [2.45, 2.75) is 0 Å². The number of phenols is 1. The molecular formula is C15H12ClN5OS. The maximum Gasteiger partial charge on any atom is 0.191 e. The number of hydrogen-bond acceptors (Lipinski definition) is 4. The zero-order valence-electron chi connectivity index (χ0n) is 11.7. The normalized spacial score (nSPS) is 11.0. The molecule has 0 unspecified atom stereocenters. The van der Waals surface area contributed by atoms with E-state index in [1.165, 1.54) is 12.3 Å². The molecule has 8 heteroatoms. The number of hydrazone groups is 1. The Balaban J connectivity index is 1.62. The topological polar surface area (TPSA) is 85.3 Å². The van der Waals surface area contributed by atoms with Crippen LogP contribution in [0.5, 0.6) is 5.75 Å². The molecule has 3 rings (SSSR count). The summed E-state index contributed by atoms with van der Waals surface area (Å²) in [6.45, 7) is 0. The molecule has 3 aromatic rings. The molecule has 0 fully saturated rings. The van der Waals surface area contributed by atoms with Crippen molar-refractivity contribution < 1.29 is 5.11 Å². The number of aromatic amines is 1. The van der Waals surface area contributed by atoms with Crippen molar-refractivity contribution in [3.05, 3.63) is 53.2 Å². The molecular weight excluding hydrogens is 334 g/mol. The molecule has 0 saturated heterocycles. The monoisotopic (exact) mass is 345 g/mol. The average molecular weight is 346 g/mol. The number of thiocarbonyl (C=S) groups is 1. The standard InChI is InChI=1S/C15H12ClN5OS/c16-11-2-4-14(22)10(5-11)8-18-21-15(23)19-12-3-1-9-7-17-20-13(9)6-12/h1-8,22H,(H,17,20)(H2,19,21,23). The van der Waals surface area contributed by atoms with Gasteiger partial charge >= 0.3 is 0 Å². The molecule has 1 aromatic heterocycles. The van der Waals surface area contributed by atoms with E-state index in [2.05, 4.69) is 26.0 Å². The van der Waals surface area contributed by atoms with Crippen LogP contribution in [0.1, 0.15) is 5.56 Å². The van der Waals surface area contributed by atoms with Gasteiger partial charge in [-0.2, -0.15) is 10.2 Å². The van der Waals surface area contributed by atoms with Crippen molar-refractivity contribution >= 4 is 51.7 Å². The van der Waals surface area contributed by atoms with Crippen LogP contribution < -0.4 is 10.7 Å². The van der Waals surface area contributed by atoms with E-state index in [1.54, 1.807) is 18.3 Å². The Morgan fingerprint density at radius 2 is 2.17 bits per heavy atom. The molecule has 0 atom stereocenters. The molecule has 1 heterocycles. The second-order valence-corrected chi connectivity index (χ2v) is 5.54. The first kappa shape index (κ1) is 15.3. The number of rotatable bonds is 3. The molecule has 4 N–H and O–H groups in total. The number of halogens is 1. The van der Waals surface area contributed by atoms with Gasteiger partial charge in [0.2, 0.25) is 0 Å². The fraction of sp³-hybridized carbons (Fsp3) is 0. The van der Waals surface area contributed by atoms with Gasteiger partial charge in [-0.25, -0.2) is 0 Å². The predicted molar refractivity (Wildman–Crippen MR) is 96.2 cm³/mol. The van der Waals surface area contributed by atoms with Crippen LogP contribution in [-0.4, -0.2) is 26.6 Å². The second kappa shape index (κ2) is 6.64. The number of nitrogens with one attached hydrogen (secondary N) is 3. The van der Waals surface area contributed by atoms with Gasteiger partial charge in [0.25, 0.3) is 0 Å². The van der Waals surface area contributed by atoms with Gasteiger partial charge in [-0.15, -0.1) is 0 Å². The molecule has 0 aliphatic carbocycles. The fourth-order valence-corrected chi connectivity index (χ4v) is 2.31. The highest BCUT2D eigenvalue weighted by molar-refractivity contribution is 7.80. The third-order valence-electron chi connectivity index (χ3n) is 3.06. The Bertz CT molecular complexity index is 892. The van der Waals surface area contributed by atoms with Gasteiger partial charge in [0.1, 0.15) is 5.75 Å². The molecule has 0 radical (unpaired) electrons. The van der Waals surface area contributed by atoms with Crippen LogP contribution in [-0.2, 0) is 0 Å². The van der Waals surface area contributed by atoms with Crippen LogP contribution in [0, 0.1) is 0 Å². The van der Waals surface area contributed by atoms with E-state index < -0.39 is 0 Å². The van der Waals surface area contributed by atoms with E-state index in [-0.39, 0.29) is 5.75 Å². The highest BCUT2D eigenvalue weighted by Crippen LogP contribution is 2.19. The number of aromatic hydroxyl groups is 1. The summed E-state index contributed by atoms with van der Waals surface area (Å²) < 4.78 is 0. The highest BCUT2D eigenvalue weighted by Gasteiger charge is 2.01. The van der Waals surface area contributed by atoms with Gasteiger partial charge in [-0.1, -0.05) is 11.6 Å². The van der Waals surface area contributed by atoms with Gasteiger partial charge in [0.05, 0.1) is 17.9 Å². The first-order valence-corrected chi connectivity index (χ1v) is 7.42. The predicted octanol–water partition coefficient (Wildman–Crippen LogP) is 3.24. The number of anilines is 1. The molecule has 23 heavy (non-hydrogen) atoms. The number of H-pyrrole nitrogens is 1. The van der Waals surface area contributed by atoms with E-state index >= 15 is 0 Å². The van der Waals surface area contributed by atoms with Crippen molar-refractivity contribution in [1.82, 2.24) is 15.6 Å². The molecule has 0 aliphatic heterocycles. The van der Waals surface area contributed by atoms with E-state index in [9.17, 15) is 5.11 Å². The summed E-state index contributed by atoms with van der Waals surface area (Å²) in [6.07, 6.45) is 3.19. The molecule has 2 aromatic carbocycles. The lowest BCUT2D eigenvalue weighted by Crippen LogP contribution is -2.23. The third-order valence-corrected chi connectivity index (χ3v) is 3.49. The summed E-state index contributed by atoms with van der Waals surface area (Å²) >= 11 is 11.0. The lowest BCUT2D eigenvalue weighted by molar-refractivity contribution is 0.474. The Hall–Kier alpha value is -2.64. The van der Waals surface area contributed by atoms with E-state index in [0.29, 0.717) is 15.7 Å². The fourth-order valence-electron chi connectivity index (χ4n) is 1.96. The Morgan fingerprint density at radius 1 is 1.30 bits per heavy atom. The lowest BCUT2D eigenvalue weighted by atomic mass is 10.2. The van der Waals surface area contributed by atoms with Crippen molar-refractivity contribution in [3.63, 3.8) is 0 Å². The van der Waals surface area contributed by atoms with Crippen molar-refractivity contribution in [1.29, 1.82) is 0 Å². The van der Waals surface area contributed by atoms with Gasteiger partial charge in [-0.05, 0) is 48.6 Å². The number of fused-ring (bicyclic) bond motifs is 1. The van der Waals surface area contributed by atoms with Gasteiger partial charge < -0.3 is 10.4 Å². The minimum absolute atomic E-state index is 0.0866. The highest BCUT2D eigenvalue weighted by atomic mass is 35.5. The number of hydrogen-bond donors (Lipinski definition) is 4. The second-order valence-electron chi connectivity index (χ2n) is 4.70. The zero-order chi connectivity index (χ0) is 16.2. The maximum atomic E-state index is 9.68. The largest absolute Gasteiger partial charge is 0.507 e. The van der Waals surface area contributed by atoms with E-state index in [4.69, 9.17) is 23.8 Å². The summed E-state index contributed by atoms with van der Waals surface area (Å²) in [7, 11) is 0. The molecule has 116 valence electrons. The third kappa shape index (κ3) is 3.77. The molecule has 0 saturated carbocycles. The van der Waals surface area contributed by atoms with Crippen LogP contribution >= 0.6 is 23.8 Å².